The molecule has 1 N–H and O–H groups in total. The molecule has 0 aromatic heterocycles. The van der Waals surface area contributed by atoms with Gasteiger partial charge in [0.1, 0.15) is 5.56 Å². The largest absolute Gasteiger partial charge is 0.493 e. The van der Waals surface area contributed by atoms with Crippen molar-refractivity contribution >= 4 is 23.7 Å². The Kier molecular flexibility index (Phi) is 3.84. The molecule has 0 amide bonds. The number of carbonyl (C=O) groups is 2. The molecule has 1 aromatic carbocycles. The predicted molar refractivity (Wildman–Crippen MR) is 67.8 cm³/mol. The Hall–Kier alpha value is -1.89. The van der Waals surface area contributed by atoms with Crippen molar-refractivity contribution < 1.29 is 28.9 Å². The zero-order valence-electron chi connectivity index (χ0n) is 10.3. The number of ether oxygens (including phenoxy) is 3. The van der Waals surface area contributed by atoms with E-state index in [1.54, 1.807) is 12.1 Å². The number of rotatable bonds is 5. The molecule has 1 aromatic rings. The quantitative estimate of drug-likeness (QED) is 0.824. The third-order valence-corrected chi connectivity index (χ3v) is 3.67. The van der Waals surface area contributed by atoms with E-state index in [1.165, 1.54) is 14.2 Å². The van der Waals surface area contributed by atoms with Crippen LogP contribution < -0.4 is 9.47 Å². The molecule has 6 nitrogen and oxygen atoms in total. The molecule has 102 valence electrons. The van der Waals surface area contributed by atoms with E-state index in [4.69, 9.17) is 19.3 Å². The Morgan fingerprint density at radius 2 is 2.16 bits per heavy atom. The number of esters is 1. The van der Waals surface area contributed by atoms with Crippen molar-refractivity contribution in [2.75, 3.05) is 20.0 Å². The summed E-state index contributed by atoms with van der Waals surface area (Å²) >= 11 is 1.03. The first-order valence-corrected chi connectivity index (χ1v) is 6.42. The summed E-state index contributed by atoms with van der Waals surface area (Å²) in [7, 11) is 2.91. The summed E-state index contributed by atoms with van der Waals surface area (Å²) in [5.41, 5.74) is 0.275. The maximum atomic E-state index is 11.8. The van der Waals surface area contributed by atoms with Crippen LogP contribution in [0.3, 0.4) is 0 Å². The Morgan fingerprint density at radius 1 is 1.42 bits per heavy atom. The fraction of sp³-hybridized carbons (Fsp3) is 0.333. The van der Waals surface area contributed by atoms with Crippen molar-refractivity contribution in [2.45, 2.75) is 5.44 Å². The molecule has 0 fully saturated rings. The lowest BCUT2D eigenvalue weighted by molar-refractivity contribution is -0.133. The number of fused-ring (bicyclic) bond motifs is 1. The van der Waals surface area contributed by atoms with Gasteiger partial charge in [0.15, 0.2) is 16.9 Å². The molecule has 0 radical (unpaired) electrons. The van der Waals surface area contributed by atoms with Gasteiger partial charge >= 0.3 is 11.9 Å². The SMILES string of the molecule is COc1ccc2c(c1OC)C(=O)O[C@@H]2SCC(=O)O. The molecule has 0 spiro atoms. The van der Waals surface area contributed by atoms with Crippen molar-refractivity contribution in [3.05, 3.63) is 23.3 Å². The van der Waals surface area contributed by atoms with Gasteiger partial charge in [-0.05, 0) is 12.1 Å². The predicted octanol–water partition coefficient (Wildman–Crippen LogP) is 1.69. The molecule has 7 heteroatoms. The van der Waals surface area contributed by atoms with Gasteiger partial charge in [0.2, 0.25) is 0 Å². The van der Waals surface area contributed by atoms with Gasteiger partial charge in [-0.1, -0.05) is 0 Å². The van der Waals surface area contributed by atoms with Crippen molar-refractivity contribution in [2.24, 2.45) is 0 Å². The summed E-state index contributed by atoms with van der Waals surface area (Å²) in [6.45, 7) is 0. The molecule has 1 heterocycles. The van der Waals surface area contributed by atoms with Gasteiger partial charge in [0.05, 0.1) is 20.0 Å². The number of carbonyl (C=O) groups excluding carboxylic acids is 1. The number of hydrogen-bond donors (Lipinski definition) is 1. The van der Waals surface area contributed by atoms with E-state index in [0.29, 0.717) is 22.6 Å². The zero-order chi connectivity index (χ0) is 14.0. The molecular weight excluding hydrogens is 272 g/mol. The van der Waals surface area contributed by atoms with Crippen LogP contribution in [0, 0.1) is 0 Å². The third-order valence-electron chi connectivity index (χ3n) is 2.61. The van der Waals surface area contributed by atoms with Crippen LogP contribution in [-0.2, 0) is 9.53 Å². The fourth-order valence-electron chi connectivity index (χ4n) is 1.84. The number of carboxylic acid groups (broad SMARTS) is 1. The summed E-state index contributed by atoms with van der Waals surface area (Å²) in [5.74, 6) is -0.903. The van der Waals surface area contributed by atoms with Crippen LogP contribution in [0.2, 0.25) is 0 Å². The minimum absolute atomic E-state index is 0.147. The topological polar surface area (TPSA) is 82.1 Å². The third kappa shape index (κ3) is 2.46. The number of thioether (sulfide) groups is 1. The van der Waals surface area contributed by atoms with Crippen LogP contribution in [0.1, 0.15) is 21.4 Å². The molecule has 1 aliphatic heterocycles. The zero-order valence-corrected chi connectivity index (χ0v) is 11.2. The maximum absolute atomic E-state index is 11.8. The van der Waals surface area contributed by atoms with Gasteiger partial charge in [-0.3, -0.25) is 4.79 Å². The first-order chi connectivity index (χ1) is 9.08. The first-order valence-electron chi connectivity index (χ1n) is 5.37. The fourth-order valence-corrected chi connectivity index (χ4v) is 2.66. The van der Waals surface area contributed by atoms with Crippen LogP contribution in [-0.4, -0.2) is 37.0 Å². The molecule has 0 aliphatic carbocycles. The van der Waals surface area contributed by atoms with Crippen LogP contribution >= 0.6 is 11.8 Å². The second kappa shape index (κ2) is 5.40. The van der Waals surface area contributed by atoms with E-state index in [0.717, 1.165) is 11.8 Å². The Bertz CT molecular complexity index is 527. The minimum atomic E-state index is -0.963. The first kappa shape index (κ1) is 13.5. The highest BCUT2D eigenvalue weighted by Crippen LogP contribution is 2.45. The summed E-state index contributed by atoms with van der Waals surface area (Å²) in [5, 5.41) is 8.66. The molecule has 0 saturated heterocycles. The van der Waals surface area contributed by atoms with Crippen LogP contribution in [0.25, 0.3) is 0 Å². The van der Waals surface area contributed by atoms with Crippen molar-refractivity contribution in [1.29, 1.82) is 0 Å². The summed E-state index contributed by atoms with van der Waals surface area (Å²) in [6.07, 6.45) is 0. The van der Waals surface area contributed by atoms with Gasteiger partial charge < -0.3 is 19.3 Å². The smallest absolute Gasteiger partial charge is 0.344 e. The molecule has 0 saturated carbocycles. The molecule has 1 aliphatic rings. The van der Waals surface area contributed by atoms with Gasteiger partial charge in [0.25, 0.3) is 0 Å². The second-order valence-electron chi connectivity index (χ2n) is 3.71. The lowest BCUT2D eigenvalue weighted by atomic mass is 10.1. The second-order valence-corrected chi connectivity index (χ2v) is 4.76. The average molecular weight is 284 g/mol. The molecule has 0 bridgehead atoms. The van der Waals surface area contributed by atoms with E-state index < -0.39 is 17.4 Å². The lowest BCUT2D eigenvalue weighted by Gasteiger charge is -2.11. The van der Waals surface area contributed by atoms with Crippen LogP contribution in [0.4, 0.5) is 0 Å². The summed E-state index contributed by atoms with van der Waals surface area (Å²) < 4.78 is 15.4. The van der Waals surface area contributed by atoms with Gasteiger partial charge in [-0.15, -0.1) is 11.8 Å². The monoisotopic (exact) mass is 284 g/mol. The standard InChI is InChI=1S/C12H12O6S/c1-16-7-4-3-6-9(10(7)17-2)11(15)18-12(6)19-5-8(13)14/h3-4,12H,5H2,1-2H3,(H,13,14)/t12-/m1/s1. The van der Waals surface area contributed by atoms with Crippen molar-refractivity contribution in [3.63, 3.8) is 0 Å². The maximum Gasteiger partial charge on any atom is 0.344 e. The highest BCUT2D eigenvalue weighted by Gasteiger charge is 2.36. The normalized spacial score (nSPS) is 16.7. The average Bonchev–Trinajstić information content (AvgIpc) is 2.72. The highest BCUT2D eigenvalue weighted by molar-refractivity contribution is 8.00. The summed E-state index contributed by atoms with van der Waals surface area (Å²) in [4.78, 5) is 22.4. The number of aliphatic carboxylic acids is 1. The number of cyclic esters (lactones) is 1. The molecule has 0 unspecified atom stereocenters. The molecule has 19 heavy (non-hydrogen) atoms. The van der Waals surface area contributed by atoms with E-state index in [9.17, 15) is 9.59 Å². The number of benzene rings is 1. The summed E-state index contributed by atoms with van der Waals surface area (Å²) in [6, 6.07) is 3.34. The highest BCUT2D eigenvalue weighted by atomic mass is 32.2. The van der Waals surface area contributed by atoms with Crippen molar-refractivity contribution in [3.8, 4) is 11.5 Å². The Morgan fingerprint density at radius 3 is 2.74 bits per heavy atom. The van der Waals surface area contributed by atoms with E-state index in [1.807, 2.05) is 0 Å². The van der Waals surface area contributed by atoms with Crippen LogP contribution in [0.15, 0.2) is 12.1 Å². The van der Waals surface area contributed by atoms with Crippen LogP contribution in [0.5, 0.6) is 11.5 Å². The van der Waals surface area contributed by atoms with E-state index in [-0.39, 0.29) is 5.75 Å². The molecule has 2 rings (SSSR count). The Balaban J connectivity index is 2.37. The van der Waals surface area contributed by atoms with Gasteiger partial charge in [-0.2, -0.15) is 0 Å². The lowest BCUT2D eigenvalue weighted by Crippen LogP contribution is -2.02. The number of carboxylic acids is 1. The van der Waals surface area contributed by atoms with Gasteiger partial charge in [-0.25, -0.2) is 4.79 Å². The van der Waals surface area contributed by atoms with Crippen molar-refractivity contribution in [1.82, 2.24) is 0 Å². The number of methoxy groups -OCH3 is 2. The minimum Gasteiger partial charge on any atom is -0.493 e. The van der Waals surface area contributed by atoms with Gasteiger partial charge in [0, 0.05) is 5.56 Å². The Labute approximate surface area is 113 Å². The molecular formula is C12H12O6S. The van der Waals surface area contributed by atoms with E-state index >= 15 is 0 Å². The molecule has 1 atom stereocenters. The van der Waals surface area contributed by atoms with E-state index in [2.05, 4.69) is 0 Å². The number of hydrogen-bond acceptors (Lipinski definition) is 6.